The molecule has 24 heavy (non-hydrogen) atoms. The van der Waals surface area contributed by atoms with Crippen LogP contribution in [0, 0.1) is 0 Å². The van der Waals surface area contributed by atoms with E-state index in [-0.39, 0.29) is 5.75 Å². The standard InChI is InChI=1S/C20H22N2O2/c1-24-20-10-14(6-7-19(20)23)15-8-9-22(12-15)13-16-11-21-18-5-3-2-4-17(16)18/h2-7,10-11,15,21,23H,8-9,12-13H2,1H3. The smallest absolute Gasteiger partial charge is 0.160 e. The highest BCUT2D eigenvalue weighted by molar-refractivity contribution is 5.82. The summed E-state index contributed by atoms with van der Waals surface area (Å²) < 4.78 is 5.24. The Kier molecular flexibility index (Phi) is 3.90. The first-order valence-electron chi connectivity index (χ1n) is 8.39. The van der Waals surface area contributed by atoms with Crippen molar-refractivity contribution in [3.8, 4) is 11.5 Å². The predicted molar refractivity (Wildman–Crippen MR) is 95.6 cm³/mol. The van der Waals surface area contributed by atoms with E-state index in [4.69, 9.17) is 4.74 Å². The third kappa shape index (κ3) is 2.74. The fourth-order valence-corrected chi connectivity index (χ4v) is 3.70. The van der Waals surface area contributed by atoms with Crippen LogP contribution in [0.2, 0.25) is 0 Å². The molecule has 1 aromatic heterocycles. The minimum absolute atomic E-state index is 0.204. The fraction of sp³-hybridized carbons (Fsp3) is 0.300. The molecule has 0 bridgehead atoms. The third-order valence-corrected chi connectivity index (χ3v) is 5.02. The largest absolute Gasteiger partial charge is 0.504 e. The van der Waals surface area contributed by atoms with Gasteiger partial charge in [0, 0.05) is 30.2 Å². The van der Waals surface area contributed by atoms with Gasteiger partial charge in [-0.2, -0.15) is 0 Å². The Morgan fingerprint density at radius 3 is 3.00 bits per heavy atom. The summed E-state index contributed by atoms with van der Waals surface area (Å²) in [5.41, 5.74) is 3.80. The Morgan fingerprint density at radius 1 is 1.25 bits per heavy atom. The molecule has 3 aromatic rings. The lowest BCUT2D eigenvalue weighted by atomic mass is 9.98. The maximum Gasteiger partial charge on any atom is 0.160 e. The highest BCUT2D eigenvalue weighted by atomic mass is 16.5. The molecule has 0 amide bonds. The first kappa shape index (κ1) is 15.1. The van der Waals surface area contributed by atoms with Gasteiger partial charge in [0.15, 0.2) is 11.5 Å². The number of H-pyrrole nitrogens is 1. The second-order valence-corrected chi connectivity index (χ2v) is 6.51. The minimum atomic E-state index is 0.204. The van der Waals surface area contributed by atoms with Gasteiger partial charge in [0.2, 0.25) is 0 Å². The zero-order chi connectivity index (χ0) is 16.5. The maximum atomic E-state index is 9.76. The number of phenolic OH excluding ortho intramolecular Hbond substituents is 1. The van der Waals surface area contributed by atoms with E-state index in [0.29, 0.717) is 11.7 Å². The molecule has 2 heterocycles. The van der Waals surface area contributed by atoms with Crippen LogP contribution in [0.25, 0.3) is 10.9 Å². The Bertz CT molecular complexity index is 856. The summed E-state index contributed by atoms with van der Waals surface area (Å²) in [5.74, 6) is 1.25. The summed E-state index contributed by atoms with van der Waals surface area (Å²) in [5, 5.41) is 11.1. The lowest BCUT2D eigenvalue weighted by molar-refractivity contribution is 0.328. The van der Waals surface area contributed by atoms with Gasteiger partial charge < -0.3 is 14.8 Å². The fourth-order valence-electron chi connectivity index (χ4n) is 3.70. The number of fused-ring (bicyclic) bond motifs is 1. The monoisotopic (exact) mass is 322 g/mol. The molecule has 4 rings (SSSR count). The number of aromatic amines is 1. The van der Waals surface area contributed by atoms with E-state index >= 15 is 0 Å². The zero-order valence-electron chi connectivity index (χ0n) is 13.8. The maximum absolute atomic E-state index is 9.76. The number of nitrogens with zero attached hydrogens (tertiary/aromatic N) is 1. The van der Waals surface area contributed by atoms with Crippen molar-refractivity contribution in [1.29, 1.82) is 0 Å². The van der Waals surface area contributed by atoms with Crippen molar-refractivity contribution in [2.24, 2.45) is 0 Å². The van der Waals surface area contributed by atoms with Crippen LogP contribution in [0.3, 0.4) is 0 Å². The second kappa shape index (κ2) is 6.21. The normalized spacial score (nSPS) is 18.3. The van der Waals surface area contributed by atoms with Crippen LogP contribution in [0.15, 0.2) is 48.7 Å². The Labute approximate surface area is 141 Å². The van der Waals surface area contributed by atoms with E-state index in [1.807, 2.05) is 12.1 Å². The molecule has 2 aromatic carbocycles. The average molecular weight is 322 g/mol. The van der Waals surface area contributed by atoms with Crippen LogP contribution in [-0.4, -0.2) is 35.2 Å². The van der Waals surface area contributed by atoms with Gasteiger partial charge in [-0.05, 0) is 48.2 Å². The molecule has 4 nitrogen and oxygen atoms in total. The second-order valence-electron chi connectivity index (χ2n) is 6.51. The Hall–Kier alpha value is -2.46. The van der Waals surface area contributed by atoms with E-state index in [1.54, 1.807) is 13.2 Å². The van der Waals surface area contributed by atoms with Crippen molar-refractivity contribution < 1.29 is 9.84 Å². The van der Waals surface area contributed by atoms with Gasteiger partial charge in [-0.3, -0.25) is 4.90 Å². The van der Waals surface area contributed by atoms with Crippen LogP contribution in [0.5, 0.6) is 11.5 Å². The summed E-state index contributed by atoms with van der Waals surface area (Å²) >= 11 is 0. The number of hydrogen-bond donors (Lipinski definition) is 2. The van der Waals surface area contributed by atoms with Crippen molar-refractivity contribution in [3.05, 3.63) is 59.8 Å². The lowest BCUT2D eigenvalue weighted by Gasteiger charge is -2.16. The van der Waals surface area contributed by atoms with E-state index in [0.717, 1.165) is 26.1 Å². The van der Waals surface area contributed by atoms with Gasteiger partial charge in [-0.1, -0.05) is 24.3 Å². The topological polar surface area (TPSA) is 48.5 Å². The third-order valence-electron chi connectivity index (χ3n) is 5.02. The zero-order valence-corrected chi connectivity index (χ0v) is 13.8. The molecule has 2 N–H and O–H groups in total. The molecule has 1 aliphatic rings. The first-order chi connectivity index (χ1) is 11.7. The minimum Gasteiger partial charge on any atom is -0.504 e. The molecular formula is C20H22N2O2. The van der Waals surface area contributed by atoms with Crippen molar-refractivity contribution in [2.75, 3.05) is 20.2 Å². The van der Waals surface area contributed by atoms with Gasteiger partial charge in [0.1, 0.15) is 0 Å². The molecule has 4 heteroatoms. The molecule has 1 atom stereocenters. The van der Waals surface area contributed by atoms with Crippen molar-refractivity contribution in [3.63, 3.8) is 0 Å². The van der Waals surface area contributed by atoms with E-state index in [2.05, 4.69) is 40.3 Å². The molecule has 0 saturated carbocycles. The quantitative estimate of drug-likeness (QED) is 0.766. The summed E-state index contributed by atoms with van der Waals surface area (Å²) in [6, 6.07) is 14.2. The van der Waals surface area contributed by atoms with E-state index < -0.39 is 0 Å². The summed E-state index contributed by atoms with van der Waals surface area (Å²) in [6.07, 6.45) is 3.26. The molecule has 1 aliphatic heterocycles. The number of aromatic nitrogens is 1. The molecule has 124 valence electrons. The molecule has 0 radical (unpaired) electrons. The van der Waals surface area contributed by atoms with Crippen LogP contribution in [0.4, 0.5) is 0 Å². The van der Waals surface area contributed by atoms with Gasteiger partial charge in [-0.15, -0.1) is 0 Å². The number of nitrogens with one attached hydrogen (secondary N) is 1. The van der Waals surface area contributed by atoms with Gasteiger partial charge in [0.25, 0.3) is 0 Å². The number of methoxy groups -OCH3 is 1. The van der Waals surface area contributed by atoms with Crippen LogP contribution < -0.4 is 4.74 Å². The SMILES string of the molecule is COc1cc(C2CCN(Cc3c[nH]c4ccccc34)C2)ccc1O. The van der Waals surface area contributed by atoms with Crippen molar-refractivity contribution in [1.82, 2.24) is 9.88 Å². The molecule has 1 unspecified atom stereocenters. The van der Waals surface area contributed by atoms with Crippen LogP contribution in [-0.2, 0) is 6.54 Å². The average Bonchev–Trinajstić information content (AvgIpc) is 3.23. The lowest BCUT2D eigenvalue weighted by Crippen LogP contribution is -2.19. The number of phenols is 1. The number of aromatic hydroxyl groups is 1. The molecule has 0 aliphatic carbocycles. The number of hydrogen-bond acceptors (Lipinski definition) is 3. The van der Waals surface area contributed by atoms with E-state index in [1.165, 1.54) is 22.0 Å². The van der Waals surface area contributed by atoms with Gasteiger partial charge >= 0.3 is 0 Å². The van der Waals surface area contributed by atoms with Crippen molar-refractivity contribution >= 4 is 10.9 Å². The molecule has 1 saturated heterocycles. The number of para-hydroxylation sites is 1. The van der Waals surface area contributed by atoms with Crippen LogP contribution in [0.1, 0.15) is 23.5 Å². The molecule has 1 fully saturated rings. The van der Waals surface area contributed by atoms with Crippen molar-refractivity contribution in [2.45, 2.75) is 18.9 Å². The number of benzene rings is 2. The number of rotatable bonds is 4. The first-order valence-corrected chi connectivity index (χ1v) is 8.39. The summed E-state index contributed by atoms with van der Waals surface area (Å²) in [6.45, 7) is 3.09. The number of ether oxygens (including phenoxy) is 1. The van der Waals surface area contributed by atoms with E-state index in [9.17, 15) is 5.11 Å². The Balaban J connectivity index is 1.48. The molecule has 0 spiro atoms. The summed E-state index contributed by atoms with van der Waals surface area (Å²) in [7, 11) is 1.59. The number of likely N-dealkylation sites (tertiary alicyclic amines) is 1. The highest BCUT2D eigenvalue weighted by Crippen LogP contribution is 2.34. The highest BCUT2D eigenvalue weighted by Gasteiger charge is 2.25. The van der Waals surface area contributed by atoms with Gasteiger partial charge in [0.05, 0.1) is 7.11 Å². The summed E-state index contributed by atoms with van der Waals surface area (Å²) in [4.78, 5) is 5.85. The van der Waals surface area contributed by atoms with Gasteiger partial charge in [-0.25, -0.2) is 0 Å². The predicted octanol–water partition coefficient (Wildman–Crippen LogP) is 3.87. The Morgan fingerprint density at radius 2 is 2.12 bits per heavy atom. The molecular weight excluding hydrogens is 300 g/mol. The van der Waals surface area contributed by atoms with Crippen LogP contribution >= 0.6 is 0 Å².